The third-order valence-electron chi connectivity index (χ3n) is 4.35. The van der Waals surface area contributed by atoms with Crippen LogP contribution in [0.4, 0.5) is 11.4 Å². The summed E-state index contributed by atoms with van der Waals surface area (Å²) in [4.78, 5) is 33.9. The Morgan fingerprint density at radius 1 is 1.26 bits per heavy atom. The third-order valence-corrected chi connectivity index (χ3v) is 4.35. The Kier molecular flexibility index (Phi) is 6.65. The van der Waals surface area contributed by atoms with Crippen LogP contribution in [0.1, 0.15) is 49.0 Å². The Hall–Kier alpha value is -3.22. The van der Waals surface area contributed by atoms with E-state index in [1.54, 1.807) is 0 Å². The quantitative estimate of drug-likeness (QED) is 0.424. The van der Waals surface area contributed by atoms with Crippen LogP contribution in [0.2, 0.25) is 0 Å². The number of nitro groups is 1. The first-order valence-corrected chi connectivity index (χ1v) is 8.67. The maximum Gasteiger partial charge on any atom is 0.311 e. The lowest BCUT2D eigenvalue weighted by molar-refractivity contribution is -0.386. The Morgan fingerprint density at radius 2 is 1.96 bits per heavy atom. The number of nitrogens with one attached hydrogen (secondary N) is 1. The van der Waals surface area contributed by atoms with E-state index in [0.717, 1.165) is 18.1 Å². The third kappa shape index (κ3) is 4.91. The van der Waals surface area contributed by atoms with Gasteiger partial charge in [0.2, 0.25) is 0 Å². The SMILES string of the molecule is CC[C@H](C)c1ccccc1NC(=O)[C@H](C)Oc1ccc(C=O)cc1[N+](=O)[O-]. The highest BCUT2D eigenvalue weighted by Gasteiger charge is 2.22. The highest BCUT2D eigenvalue weighted by molar-refractivity contribution is 5.95. The highest BCUT2D eigenvalue weighted by Crippen LogP contribution is 2.29. The van der Waals surface area contributed by atoms with E-state index in [1.165, 1.54) is 19.1 Å². The number of ether oxygens (including phenoxy) is 1. The van der Waals surface area contributed by atoms with Gasteiger partial charge in [-0.05, 0) is 43.0 Å². The van der Waals surface area contributed by atoms with Crippen LogP contribution in [0.3, 0.4) is 0 Å². The van der Waals surface area contributed by atoms with Gasteiger partial charge in [0.15, 0.2) is 11.9 Å². The van der Waals surface area contributed by atoms with Gasteiger partial charge in [-0.2, -0.15) is 0 Å². The maximum absolute atomic E-state index is 12.5. The van der Waals surface area contributed by atoms with E-state index < -0.39 is 16.9 Å². The number of nitro benzene ring substituents is 1. The van der Waals surface area contributed by atoms with Crippen LogP contribution in [-0.2, 0) is 4.79 Å². The van der Waals surface area contributed by atoms with Crippen LogP contribution >= 0.6 is 0 Å². The molecule has 142 valence electrons. The molecule has 0 aliphatic carbocycles. The molecule has 0 unspecified atom stereocenters. The molecule has 2 aromatic carbocycles. The normalized spacial score (nSPS) is 12.7. The van der Waals surface area contributed by atoms with Gasteiger partial charge >= 0.3 is 5.69 Å². The van der Waals surface area contributed by atoms with Crippen LogP contribution in [0.15, 0.2) is 42.5 Å². The second kappa shape index (κ2) is 8.93. The number of rotatable bonds is 8. The van der Waals surface area contributed by atoms with Crippen LogP contribution in [0.25, 0.3) is 0 Å². The lowest BCUT2D eigenvalue weighted by Crippen LogP contribution is -2.30. The number of anilines is 1. The first kappa shape index (κ1) is 20.1. The fraction of sp³-hybridized carbons (Fsp3) is 0.300. The number of amides is 1. The second-order valence-corrected chi connectivity index (χ2v) is 6.25. The van der Waals surface area contributed by atoms with Crippen LogP contribution in [0, 0.1) is 10.1 Å². The lowest BCUT2D eigenvalue weighted by atomic mass is 9.97. The van der Waals surface area contributed by atoms with Gasteiger partial charge in [-0.1, -0.05) is 32.0 Å². The van der Waals surface area contributed by atoms with E-state index >= 15 is 0 Å². The van der Waals surface area contributed by atoms with Crippen LogP contribution < -0.4 is 10.1 Å². The zero-order valence-corrected chi connectivity index (χ0v) is 15.5. The highest BCUT2D eigenvalue weighted by atomic mass is 16.6. The van der Waals surface area contributed by atoms with Crippen molar-refractivity contribution in [3.05, 3.63) is 63.7 Å². The van der Waals surface area contributed by atoms with Crippen molar-refractivity contribution in [2.24, 2.45) is 0 Å². The van der Waals surface area contributed by atoms with Crippen molar-refractivity contribution in [2.75, 3.05) is 5.32 Å². The summed E-state index contributed by atoms with van der Waals surface area (Å²) in [6, 6.07) is 11.3. The van der Waals surface area contributed by atoms with E-state index in [4.69, 9.17) is 4.74 Å². The summed E-state index contributed by atoms with van der Waals surface area (Å²) in [6.45, 7) is 5.65. The van der Waals surface area contributed by atoms with Crippen molar-refractivity contribution < 1.29 is 19.2 Å². The molecule has 0 heterocycles. The molecular weight excluding hydrogens is 348 g/mol. The average molecular weight is 370 g/mol. The molecule has 0 aromatic heterocycles. The number of benzene rings is 2. The fourth-order valence-electron chi connectivity index (χ4n) is 2.59. The van der Waals surface area contributed by atoms with Gasteiger partial charge in [0, 0.05) is 17.3 Å². The summed E-state index contributed by atoms with van der Waals surface area (Å²) in [5.74, 6) is -0.210. The van der Waals surface area contributed by atoms with Gasteiger partial charge in [0.1, 0.15) is 6.29 Å². The van der Waals surface area contributed by atoms with Crippen molar-refractivity contribution >= 4 is 23.6 Å². The summed E-state index contributed by atoms with van der Waals surface area (Å²) in [5.41, 5.74) is 1.51. The summed E-state index contributed by atoms with van der Waals surface area (Å²) in [6.07, 6.45) is 0.475. The predicted octanol–water partition coefficient (Wildman–Crippen LogP) is 4.33. The monoisotopic (exact) mass is 370 g/mol. The molecule has 2 rings (SSSR count). The molecule has 1 N–H and O–H groups in total. The Balaban J connectivity index is 2.18. The lowest BCUT2D eigenvalue weighted by Gasteiger charge is -2.18. The average Bonchev–Trinajstić information content (AvgIpc) is 2.67. The zero-order valence-electron chi connectivity index (χ0n) is 15.5. The van der Waals surface area contributed by atoms with Gasteiger partial charge in [-0.3, -0.25) is 19.7 Å². The molecule has 0 aliphatic heterocycles. The van der Waals surface area contributed by atoms with Crippen molar-refractivity contribution in [2.45, 2.75) is 39.2 Å². The van der Waals surface area contributed by atoms with Gasteiger partial charge in [0.05, 0.1) is 4.92 Å². The van der Waals surface area contributed by atoms with Crippen molar-refractivity contribution in [1.82, 2.24) is 0 Å². The smallest absolute Gasteiger partial charge is 0.311 e. The minimum atomic E-state index is -0.962. The molecule has 0 aliphatic rings. The maximum atomic E-state index is 12.5. The van der Waals surface area contributed by atoms with Gasteiger partial charge in [-0.15, -0.1) is 0 Å². The van der Waals surface area contributed by atoms with E-state index in [2.05, 4.69) is 19.2 Å². The molecule has 0 radical (unpaired) electrons. The predicted molar refractivity (Wildman–Crippen MR) is 102 cm³/mol. The first-order chi connectivity index (χ1) is 12.9. The van der Waals surface area contributed by atoms with Crippen LogP contribution in [0.5, 0.6) is 5.75 Å². The molecule has 0 fully saturated rings. The van der Waals surface area contributed by atoms with Crippen molar-refractivity contribution in [1.29, 1.82) is 0 Å². The van der Waals surface area contributed by atoms with Crippen molar-refractivity contribution in [3.8, 4) is 5.75 Å². The Labute approximate surface area is 157 Å². The zero-order chi connectivity index (χ0) is 20.0. The van der Waals surface area contributed by atoms with E-state index in [0.29, 0.717) is 12.0 Å². The van der Waals surface area contributed by atoms with Crippen LogP contribution in [-0.4, -0.2) is 23.2 Å². The van der Waals surface area contributed by atoms with Crippen molar-refractivity contribution in [3.63, 3.8) is 0 Å². The summed E-state index contributed by atoms with van der Waals surface area (Å²) < 4.78 is 5.50. The van der Waals surface area contributed by atoms with E-state index in [-0.39, 0.29) is 22.9 Å². The molecule has 0 saturated carbocycles. The van der Waals surface area contributed by atoms with Gasteiger partial charge in [0.25, 0.3) is 5.91 Å². The first-order valence-electron chi connectivity index (χ1n) is 8.67. The standard InChI is InChI=1S/C20H22N2O5/c1-4-13(2)16-7-5-6-8-17(16)21-20(24)14(3)27-19-10-9-15(12-23)11-18(19)22(25)26/h5-14H,4H2,1-3H3,(H,21,24)/t13-,14-/m0/s1. The molecule has 0 spiro atoms. The number of aldehydes is 1. The Bertz CT molecular complexity index is 850. The number of para-hydroxylation sites is 1. The van der Waals surface area contributed by atoms with E-state index in [9.17, 15) is 19.7 Å². The second-order valence-electron chi connectivity index (χ2n) is 6.25. The largest absolute Gasteiger partial charge is 0.474 e. The summed E-state index contributed by atoms with van der Waals surface area (Å²) in [5, 5.41) is 14.0. The molecule has 0 bridgehead atoms. The molecule has 7 heteroatoms. The van der Waals surface area contributed by atoms with E-state index in [1.807, 2.05) is 24.3 Å². The number of hydrogen-bond acceptors (Lipinski definition) is 5. The van der Waals surface area contributed by atoms with Gasteiger partial charge < -0.3 is 10.1 Å². The number of nitrogens with zero attached hydrogens (tertiary/aromatic N) is 1. The summed E-state index contributed by atoms with van der Waals surface area (Å²) in [7, 11) is 0. The minimum Gasteiger partial charge on any atom is -0.474 e. The molecular formula is C20H22N2O5. The number of carbonyl (C=O) groups excluding carboxylic acids is 2. The molecule has 27 heavy (non-hydrogen) atoms. The molecule has 2 atom stereocenters. The molecule has 2 aromatic rings. The number of carbonyl (C=O) groups is 2. The summed E-state index contributed by atoms with van der Waals surface area (Å²) >= 11 is 0. The number of hydrogen-bond donors (Lipinski definition) is 1. The molecule has 0 saturated heterocycles. The Morgan fingerprint density at radius 3 is 2.59 bits per heavy atom. The topological polar surface area (TPSA) is 98.5 Å². The molecule has 7 nitrogen and oxygen atoms in total. The fourth-order valence-corrected chi connectivity index (χ4v) is 2.59. The minimum absolute atomic E-state index is 0.0662. The molecule has 1 amide bonds. The van der Waals surface area contributed by atoms with Gasteiger partial charge in [-0.25, -0.2) is 0 Å².